The first-order valence-corrected chi connectivity index (χ1v) is 6.77. The van der Waals surface area contributed by atoms with E-state index in [0.29, 0.717) is 25.2 Å². The van der Waals surface area contributed by atoms with Crippen molar-refractivity contribution in [2.45, 2.75) is 39.8 Å². The molecule has 3 unspecified atom stereocenters. The number of piperazine rings is 1. The summed E-state index contributed by atoms with van der Waals surface area (Å²) in [6.45, 7) is 9.38. The van der Waals surface area contributed by atoms with Gasteiger partial charge in [0.05, 0.1) is 0 Å². The van der Waals surface area contributed by atoms with E-state index in [1.54, 1.807) is 0 Å². The minimum Gasteiger partial charge on any atom is -0.409 e. The van der Waals surface area contributed by atoms with Crippen LogP contribution in [0.1, 0.15) is 27.7 Å². The van der Waals surface area contributed by atoms with Gasteiger partial charge in [-0.25, -0.2) is 0 Å². The van der Waals surface area contributed by atoms with Crippen molar-refractivity contribution < 1.29 is 10.0 Å². The van der Waals surface area contributed by atoms with Crippen molar-refractivity contribution in [3.05, 3.63) is 0 Å². The molecule has 1 rings (SSSR count). The van der Waals surface area contributed by atoms with Gasteiger partial charge in [-0.15, -0.1) is 0 Å². The van der Waals surface area contributed by atoms with E-state index in [2.05, 4.69) is 31.0 Å². The smallest absolute Gasteiger partial charge is 0.233 e. The summed E-state index contributed by atoms with van der Waals surface area (Å²) in [6.07, 6.45) is 0. The van der Waals surface area contributed by atoms with Crippen LogP contribution in [0, 0.1) is 11.8 Å². The zero-order valence-electron chi connectivity index (χ0n) is 12.5. The number of hydrogen-bond donors (Lipinski definition) is 2. The van der Waals surface area contributed by atoms with Gasteiger partial charge in [0.25, 0.3) is 0 Å². The number of amidine groups is 1. The van der Waals surface area contributed by atoms with Crippen LogP contribution in [0.2, 0.25) is 0 Å². The molecule has 0 radical (unpaired) electrons. The molecular weight excluding hydrogens is 244 g/mol. The van der Waals surface area contributed by atoms with Crippen LogP contribution in [0.15, 0.2) is 5.16 Å². The van der Waals surface area contributed by atoms with Gasteiger partial charge < -0.3 is 15.8 Å². The van der Waals surface area contributed by atoms with Crippen molar-refractivity contribution in [3.8, 4) is 0 Å². The lowest BCUT2D eigenvalue weighted by atomic mass is 9.92. The van der Waals surface area contributed by atoms with Crippen LogP contribution < -0.4 is 5.73 Å². The Bertz CT molecular complexity index is 345. The Hall–Kier alpha value is -1.30. The highest BCUT2D eigenvalue weighted by Crippen LogP contribution is 2.20. The van der Waals surface area contributed by atoms with Gasteiger partial charge in [0.1, 0.15) is 5.92 Å². The van der Waals surface area contributed by atoms with Crippen LogP contribution in [0.3, 0.4) is 0 Å². The van der Waals surface area contributed by atoms with E-state index in [4.69, 9.17) is 10.9 Å². The van der Waals surface area contributed by atoms with Crippen molar-refractivity contribution in [1.29, 1.82) is 0 Å². The molecule has 0 aromatic heterocycles. The number of likely N-dealkylation sites (N-methyl/N-ethyl adjacent to an activating group) is 1. The molecule has 1 aliphatic heterocycles. The number of carbonyl (C=O) groups excluding carboxylic acids is 1. The Morgan fingerprint density at radius 2 is 1.79 bits per heavy atom. The molecule has 3 atom stereocenters. The predicted octanol–water partition coefficient (Wildman–Crippen LogP) is 0.556. The van der Waals surface area contributed by atoms with E-state index >= 15 is 0 Å². The zero-order valence-corrected chi connectivity index (χ0v) is 12.5. The van der Waals surface area contributed by atoms with E-state index in [9.17, 15) is 4.79 Å². The van der Waals surface area contributed by atoms with Gasteiger partial charge in [-0.3, -0.25) is 9.69 Å². The topological polar surface area (TPSA) is 82.2 Å². The molecule has 0 aliphatic carbocycles. The van der Waals surface area contributed by atoms with Gasteiger partial charge in [-0.1, -0.05) is 19.0 Å². The van der Waals surface area contributed by atoms with Crippen molar-refractivity contribution in [2.24, 2.45) is 22.7 Å². The second kappa shape index (κ2) is 6.23. The summed E-state index contributed by atoms with van der Waals surface area (Å²) in [5.41, 5.74) is 5.66. The Balaban J connectivity index is 2.86. The SMILES string of the molecule is CC(C)C(C(=O)N1CC(C)N(C)C(C)C1)C(N)=NO. The molecule has 19 heavy (non-hydrogen) atoms. The molecule has 1 fully saturated rings. The van der Waals surface area contributed by atoms with Crippen molar-refractivity contribution in [3.63, 3.8) is 0 Å². The van der Waals surface area contributed by atoms with Gasteiger partial charge in [0.15, 0.2) is 5.84 Å². The summed E-state index contributed by atoms with van der Waals surface area (Å²) < 4.78 is 0. The maximum absolute atomic E-state index is 12.6. The van der Waals surface area contributed by atoms with Crippen LogP contribution in [-0.2, 0) is 4.79 Å². The number of rotatable bonds is 3. The quantitative estimate of drug-likeness (QED) is 0.340. The maximum Gasteiger partial charge on any atom is 0.233 e. The highest BCUT2D eigenvalue weighted by molar-refractivity contribution is 6.02. The van der Waals surface area contributed by atoms with E-state index in [1.807, 2.05) is 18.7 Å². The second-order valence-corrected chi connectivity index (χ2v) is 5.85. The third-order valence-electron chi connectivity index (χ3n) is 4.04. The van der Waals surface area contributed by atoms with Crippen molar-refractivity contribution in [1.82, 2.24) is 9.80 Å². The van der Waals surface area contributed by atoms with Crippen molar-refractivity contribution >= 4 is 11.7 Å². The van der Waals surface area contributed by atoms with Crippen LogP contribution >= 0.6 is 0 Å². The summed E-state index contributed by atoms with van der Waals surface area (Å²) >= 11 is 0. The zero-order chi connectivity index (χ0) is 14.7. The molecule has 1 saturated heterocycles. The summed E-state index contributed by atoms with van der Waals surface area (Å²) in [6, 6.07) is 0.626. The number of carbonyl (C=O) groups is 1. The van der Waals surface area contributed by atoms with Crippen molar-refractivity contribution in [2.75, 3.05) is 20.1 Å². The van der Waals surface area contributed by atoms with E-state index in [0.717, 1.165) is 0 Å². The summed E-state index contributed by atoms with van der Waals surface area (Å²) in [7, 11) is 2.07. The first kappa shape index (κ1) is 15.8. The molecule has 110 valence electrons. The lowest BCUT2D eigenvalue weighted by Crippen LogP contribution is -2.58. The highest BCUT2D eigenvalue weighted by Gasteiger charge is 2.35. The number of oxime groups is 1. The molecule has 0 aromatic carbocycles. The number of nitrogens with two attached hydrogens (primary N) is 1. The molecule has 6 heteroatoms. The van der Waals surface area contributed by atoms with Crippen LogP contribution in [-0.4, -0.2) is 59.0 Å². The minimum absolute atomic E-state index is 0.000709. The molecule has 1 aliphatic rings. The van der Waals surface area contributed by atoms with Crippen LogP contribution in [0.5, 0.6) is 0 Å². The Kier molecular flexibility index (Phi) is 5.17. The Morgan fingerprint density at radius 1 is 1.32 bits per heavy atom. The van der Waals surface area contributed by atoms with Gasteiger partial charge in [0, 0.05) is 25.2 Å². The van der Waals surface area contributed by atoms with Gasteiger partial charge in [-0.2, -0.15) is 0 Å². The largest absolute Gasteiger partial charge is 0.409 e. The standard InChI is InChI=1S/C13H26N4O2/c1-8(2)11(12(14)15-19)13(18)17-6-9(3)16(5)10(4)7-17/h8-11,19H,6-7H2,1-5H3,(H2,14,15). The van der Waals surface area contributed by atoms with Crippen LogP contribution in [0.25, 0.3) is 0 Å². The lowest BCUT2D eigenvalue weighted by Gasteiger charge is -2.43. The number of hydrogen-bond acceptors (Lipinski definition) is 4. The Labute approximate surface area is 115 Å². The summed E-state index contributed by atoms with van der Waals surface area (Å²) in [5, 5.41) is 11.8. The third kappa shape index (κ3) is 3.37. The van der Waals surface area contributed by atoms with E-state index in [-0.39, 0.29) is 17.7 Å². The van der Waals surface area contributed by atoms with Crippen LogP contribution in [0.4, 0.5) is 0 Å². The molecule has 0 aromatic rings. The molecule has 0 saturated carbocycles. The average Bonchev–Trinajstić information content (AvgIpc) is 2.34. The third-order valence-corrected chi connectivity index (χ3v) is 4.04. The summed E-state index contributed by atoms with van der Waals surface area (Å²) in [5.74, 6) is -0.585. The maximum atomic E-state index is 12.6. The molecule has 0 bridgehead atoms. The molecular formula is C13H26N4O2. The molecule has 6 nitrogen and oxygen atoms in total. The molecule has 3 N–H and O–H groups in total. The molecule has 1 heterocycles. The molecule has 0 spiro atoms. The summed E-state index contributed by atoms with van der Waals surface area (Å²) in [4.78, 5) is 16.7. The minimum atomic E-state index is -0.548. The first-order valence-electron chi connectivity index (χ1n) is 6.77. The lowest BCUT2D eigenvalue weighted by molar-refractivity contribution is -0.138. The predicted molar refractivity (Wildman–Crippen MR) is 75.0 cm³/mol. The number of amides is 1. The normalized spacial score (nSPS) is 27.7. The average molecular weight is 270 g/mol. The fourth-order valence-electron chi connectivity index (χ4n) is 2.60. The fraction of sp³-hybridized carbons (Fsp3) is 0.846. The van der Waals surface area contributed by atoms with Gasteiger partial charge in [0.2, 0.25) is 5.91 Å². The monoisotopic (exact) mass is 270 g/mol. The van der Waals surface area contributed by atoms with E-state index in [1.165, 1.54) is 0 Å². The first-order chi connectivity index (χ1) is 8.79. The second-order valence-electron chi connectivity index (χ2n) is 5.85. The highest BCUT2D eigenvalue weighted by atomic mass is 16.4. The van der Waals surface area contributed by atoms with E-state index < -0.39 is 5.92 Å². The molecule has 1 amide bonds. The number of nitrogens with zero attached hydrogens (tertiary/aromatic N) is 3. The van der Waals surface area contributed by atoms with Gasteiger partial charge in [-0.05, 0) is 26.8 Å². The fourth-order valence-corrected chi connectivity index (χ4v) is 2.60. The van der Waals surface area contributed by atoms with Gasteiger partial charge >= 0.3 is 0 Å². The Morgan fingerprint density at radius 3 is 2.16 bits per heavy atom.